The quantitative estimate of drug-likeness (QED) is 0.419. The Balaban J connectivity index is 1.74. The van der Waals surface area contributed by atoms with Gasteiger partial charge < -0.3 is 20.8 Å². The lowest BCUT2D eigenvalue weighted by atomic mass is 10.2. The number of benzene rings is 1. The minimum atomic E-state index is -3.74. The van der Waals surface area contributed by atoms with Gasteiger partial charge in [-0.1, -0.05) is 18.2 Å². The van der Waals surface area contributed by atoms with Crippen LogP contribution in [0, 0.1) is 0 Å². The number of nitrogens with one attached hydrogen (secondary N) is 2. The molecule has 0 spiro atoms. The molecule has 1 saturated heterocycles. The number of nitrogens with zero attached hydrogens (tertiary/aromatic N) is 2. The molecule has 0 atom stereocenters. The van der Waals surface area contributed by atoms with Gasteiger partial charge >= 0.3 is 0 Å². The number of H-pyrrole nitrogens is 1. The van der Waals surface area contributed by atoms with Gasteiger partial charge in [0.1, 0.15) is 16.5 Å². The Bertz CT molecular complexity index is 1080. The molecular formula is C18H23N5O5S2. The first-order valence-electron chi connectivity index (χ1n) is 9.27. The van der Waals surface area contributed by atoms with E-state index in [4.69, 9.17) is 10.5 Å². The molecule has 4 N–H and O–H groups in total. The highest BCUT2D eigenvalue weighted by Crippen LogP contribution is 2.31. The molecule has 0 saturated carbocycles. The van der Waals surface area contributed by atoms with Gasteiger partial charge in [-0.05, 0) is 31.0 Å². The molecule has 0 aliphatic carbocycles. The zero-order chi connectivity index (χ0) is 21.7. The van der Waals surface area contributed by atoms with Gasteiger partial charge in [0, 0.05) is 24.8 Å². The van der Waals surface area contributed by atoms with Gasteiger partial charge in [-0.2, -0.15) is 4.31 Å². The number of thioether (sulfide) groups is 1. The van der Waals surface area contributed by atoms with Crippen LogP contribution in [0.15, 0.2) is 39.1 Å². The molecule has 1 aromatic carbocycles. The Labute approximate surface area is 178 Å². The summed E-state index contributed by atoms with van der Waals surface area (Å²) in [6.07, 6.45) is 2.63. The summed E-state index contributed by atoms with van der Waals surface area (Å²) in [4.78, 5) is 30.1. The van der Waals surface area contributed by atoms with Crippen LogP contribution in [-0.4, -0.2) is 54.6 Å². The lowest BCUT2D eigenvalue weighted by Crippen LogP contribution is -2.35. The minimum Gasteiger partial charge on any atom is -0.495 e. The van der Waals surface area contributed by atoms with Crippen LogP contribution in [0.4, 0.5) is 11.5 Å². The second-order valence-electron chi connectivity index (χ2n) is 6.64. The Morgan fingerprint density at radius 2 is 2.03 bits per heavy atom. The van der Waals surface area contributed by atoms with Gasteiger partial charge in [0.2, 0.25) is 15.9 Å². The van der Waals surface area contributed by atoms with E-state index in [1.54, 1.807) is 6.07 Å². The number of methoxy groups -OCH3 is 1. The smallest absolute Gasteiger partial charge is 0.253 e. The van der Waals surface area contributed by atoms with Gasteiger partial charge in [0.15, 0.2) is 5.16 Å². The van der Waals surface area contributed by atoms with E-state index in [2.05, 4.69) is 15.3 Å². The number of anilines is 2. The lowest BCUT2D eigenvalue weighted by Gasteiger charge is -2.26. The number of carbonyl (C=O) groups is 1. The summed E-state index contributed by atoms with van der Waals surface area (Å²) < 4.78 is 32.8. The van der Waals surface area contributed by atoms with Crippen LogP contribution in [0.2, 0.25) is 0 Å². The van der Waals surface area contributed by atoms with E-state index in [1.807, 2.05) is 0 Å². The molecule has 0 radical (unpaired) electrons. The Morgan fingerprint density at radius 3 is 2.70 bits per heavy atom. The summed E-state index contributed by atoms with van der Waals surface area (Å²) in [6.45, 7) is 0.925. The highest BCUT2D eigenvalue weighted by molar-refractivity contribution is 7.99. The van der Waals surface area contributed by atoms with Gasteiger partial charge in [-0.25, -0.2) is 13.4 Å². The van der Waals surface area contributed by atoms with E-state index < -0.39 is 21.5 Å². The Kier molecular flexibility index (Phi) is 7.00. The highest BCUT2D eigenvalue weighted by atomic mass is 32.2. The number of piperidine rings is 1. The molecule has 1 amide bonds. The zero-order valence-corrected chi connectivity index (χ0v) is 18.0. The number of rotatable bonds is 7. The maximum atomic E-state index is 13.1. The van der Waals surface area contributed by atoms with Gasteiger partial charge in [-0.15, -0.1) is 0 Å². The average molecular weight is 454 g/mol. The van der Waals surface area contributed by atoms with E-state index in [9.17, 15) is 18.0 Å². The van der Waals surface area contributed by atoms with E-state index >= 15 is 0 Å². The standard InChI is InChI=1S/C18H23N5O5S2/c1-28-13-6-5-12(9-14(13)30(26,27)23-7-3-2-4-8-23)20-17(25)11-29-18-21-15(19)10-16(24)22-18/h5-6,9-10H,2-4,7-8,11H2,1H3,(H,20,25)(H3,19,21,22,24). The number of nitrogen functional groups attached to an aromatic ring is 1. The molecule has 2 heterocycles. The van der Waals surface area contributed by atoms with Crippen LogP contribution in [0.5, 0.6) is 5.75 Å². The van der Waals surface area contributed by atoms with Crippen molar-refractivity contribution in [3.8, 4) is 5.75 Å². The van der Waals surface area contributed by atoms with Gasteiger partial charge in [0.05, 0.1) is 12.9 Å². The van der Waals surface area contributed by atoms with Crippen LogP contribution >= 0.6 is 11.8 Å². The summed E-state index contributed by atoms with van der Waals surface area (Å²) in [7, 11) is -2.34. The highest BCUT2D eigenvalue weighted by Gasteiger charge is 2.29. The number of aromatic nitrogens is 2. The number of nitrogens with two attached hydrogens (primary N) is 1. The molecule has 162 valence electrons. The summed E-state index contributed by atoms with van der Waals surface area (Å²) in [5.74, 6) is -0.164. The SMILES string of the molecule is COc1ccc(NC(=O)CSc2nc(N)cc(=O)[nH]2)cc1S(=O)(=O)N1CCCCC1. The van der Waals surface area contributed by atoms with Crippen molar-refractivity contribution in [3.63, 3.8) is 0 Å². The number of ether oxygens (including phenoxy) is 1. The molecule has 0 unspecified atom stereocenters. The van der Waals surface area contributed by atoms with Gasteiger partial charge in [0.25, 0.3) is 5.56 Å². The molecule has 1 aliphatic rings. The molecule has 0 bridgehead atoms. The van der Waals surface area contributed by atoms with Crippen molar-refractivity contribution >= 4 is 39.2 Å². The van der Waals surface area contributed by atoms with Gasteiger partial charge in [-0.3, -0.25) is 9.59 Å². The Morgan fingerprint density at radius 1 is 1.30 bits per heavy atom. The topological polar surface area (TPSA) is 147 Å². The largest absolute Gasteiger partial charge is 0.495 e. The number of hydrogen-bond acceptors (Lipinski definition) is 8. The summed E-state index contributed by atoms with van der Waals surface area (Å²) in [6, 6.07) is 5.62. The fourth-order valence-corrected chi connectivity index (χ4v) is 5.43. The van der Waals surface area contributed by atoms with Crippen LogP contribution < -0.4 is 21.3 Å². The molecule has 1 aromatic heterocycles. The molecular weight excluding hydrogens is 430 g/mol. The number of hydrogen-bond donors (Lipinski definition) is 3. The average Bonchev–Trinajstić information content (AvgIpc) is 2.72. The first kappa shape index (κ1) is 22.1. The van der Waals surface area contributed by atoms with Crippen LogP contribution in [0.25, 0.3) is 0 Å². The van der Waals surface area contributed by atoms with Crippen molar-refractivity contribution in [2.24, 2.45) is 0 Å². The Hall–Kier alpha value is -2.57. The molecule has 30 heavy (non-hydrogen) atoms. The van der Waals surface area contributed by atoms with E-state index in [1.165, 1.54) is 23.5 Å². The van der Waals surface area contributed by atoms with Crippen LogP contribution in [0.1, 0.15) is 19.3 Å². The van der Waals surface area contributed by atoms with E-state index in [0.29, 0.717) is 18.8 Å². The summed E-state index contributed by atoms with van der Waals surface area (Å²) >= 11 is 1.01. The molecule has 3 rings (SSSR count). The maximum absolute atomic E-state index is 13.1. The summed E-state index contributed by atoms with van der Waals surface area (Å²) in [5, 5.41) is 2.88. The zero-order valence-electron chi connectivity index (χ0n) is 16.4. The number of carbonyl (C=O) groups excluding carboxylic acids is 1. The first-order chi connectivity index (χ1) is 14.3. The molecule has 10 nitrogen and oxygen atoms in total. The molecule has 1 aliphatic heterocycles. The third-order valence-corrected chi connectivity index (χ3v) is 7.25. The lowest BCUT2D eigenvalue weighted by molar-refractivity contribution is -0.113. The third-order valence-electron chi connectivity index (χ3n) is 4.46. The van der Waals surface area contributed by atoms with Crippen molar-refractivity contribution in [3.05, 3.63) is 34.6 Å². The second-order valence-corrected chi connectivity index (χ2v) is 9.51. The van der Waals surface area contributed by atoms with Crippen molar-refractivity contribution in [2.45, 2.75) is 29.3 Å². The predicted octanol–water partition coefficient (Wildman–Crippen LogP) is 1.27. The van der Waals surface area contributed by atoms with Crippen molar-refractivity contribution in [2.75, 3.05) is 37.0 Å². The van der Waals surface area contributed by atoms with Crippen molar-refractivity contribution in [1.82, 2.24) is 14.3 Å². The fraction of sp³-hybridized carbons (Fsp3) is 0.389. The van der Waals surface area contributed by atoms with Crippen molar-refractivity contribution in [1.29, 1.82) is 0 Å². The maximum Gasteiger partial charge on any atom is 0.253 e. The molecule has 12 heteroatoms. The number of amides is 1. The van der Waals surface area contributed by atoms with Crippen molar-refractivity contribution < 1.29 is 17.9 Å². The number of aromatic amines is 1. The van der Waals surface area contributed by atoms with E-state index in [0.717, 1.165) is 37.1 Å². The first-order valence-corrected chi connectivity index (χ1v) is 11.7. The predicted molar refractivity (Wildman–Crippen MR) is 114 cm³/mol. The molecule has 1 fully saturated rings. The second kappa shape index (κ2) is 9.49. The van der Waals surface area contributed by atoms with E-state index in [-0.39, 0.29) is 27.4 Å². The summed E-state index contributed by atoms with van der Waals surface area (Å²) in [5.41, 5.74) is 5.43. The number of sulfonamides is 1. The van der Waals surface area contributed by atoms with Crippen LogP contribution in [-0.2, 0) is 14.8 Å². The normalized spacial score (nSPS) is 15.0. The minimum absolute atomic E-state index is 0.0131. The molecule has 2 aromatic rings. The van der Waals surface area contributed by atoms with Crippen LogP contribution in [0.3, 0.4) is 0 Å². The monoisotopic (exact) mass is 453 g/mol. The fourth-order valence-electron chi connectivity index (χ4n) is 3.05. The third kappa shape index (κ3) is 5.32.